The Labute approximate surface area is 191 Å². The molecule has 0 radical (unpaired) electrons. The number of aryl methyl sites for hydroxylation is 1. The number of nitrogens with zero attached hydrogens (tertiary/aromatic N) is 5. The van der Waals surface area contributed by atoms with Gasteiger partial charge in [-0.1, -0.05) is 30.0 Å². The number of amides is 1. The predicted molar refractivity (Wildman–Crippen MR) is 123 cm³/mol. The minimum atomic E-state index is -0.196. The fraction of sp³-hybridized carbons (Fsp3) is 0.391. The van der Waals surface area contributed by atoms with Gasteiger partial charge in [-0.05, 0) is 51.3 Å². The number of para-hydroxylation sites is 1. The minimum Gasteiger partial charge on any atom is -0.376 e. The third kappa shape index (κ3) is 4.42. The van der Waals surface area contributed by atoms with Gasteiger partial charge in [0.05, 0.1) is 24.0 Å². The number of aromatic nitrogens is 4. The van der Waals surface area contributed by atoms with Crippen LogP contribution in [0.25, 0.3) is 5.69 Å². The smallest absolute Gasteiger partial charge is 0.235 e. The van der Waals surface area contributed by atoms with Gasteiger partial charge in [-0.2, -0.15) is 5.26 Å². The maximum atomic E-state index is 12.9. The lowest BCUT2D eigenvalue weighted by Gasteiger charge is -2.17. The molecule has 1 aliphatic heterocycles. The molecule has 0 bridgehead atoms. The first-order valence-electron chi connectivity index (χ1n) is 10.6. The van der Waals surface area contributed by atoms with Crippen LogP contribution in [-0.2, 0) is 16.1 Å². The zero-order chi connectivity index (χ0) is 22.7. The van der Waals surface area contributed by atoms with Crippen LogP contribution >= 0.6 is 11.8 Å². The van der Waals surface area contributed by atoms with E-state index in [0.29, 0.717) is 23.1 Å². The van der Waals surface area contributed by atoms with Gasteiger partial charge in [0, 0.05) is 18.0 Å². The highest BCUT2D eigenvalue weighted by atomic mass is 32.2. The molecular weight excluding hydrogens is 424 g/mol. The number of rotatable bonds is 7. The number of thioether (sulfide) groups is 1. The van der Waals surface area contributed by atoms with Crippen molar-refractivity contribution < 1.29 is 9.53 Å². The summed E-state index contributed by atoms with van der Waals surface area (Å²) in [5, 5.41) is 21.7. The quantitative estimate of drug-likeness (QED) is 0.550. The number of carbonyl (C=O) groups is 1. The van der Waals surface area contributed by atoms with Gasteiger partial charge in [0.1, 0.15) is 17.7 Å². The van der Waals surface area contributed by atoms with E-state index < -0.39 is 0 Å². The largest absolute Gasteiger partial charge is 0.376 e. The molecule has 1 N–H and O–H groups in total. The van der Waals surface area contributed by atoms with E-state index in [4.69, 9.17) is 4.74 Å². The minimum absolute atomic E-state index is 0.101. The van der Waals surface area contributed by atoms with E-state index in [1.165, 1.54) is 11.8 Å². The van der Waals surface area contributed by atoms with Crippen LogP contribution in [0.1, 0.15) is 35.5 Å². The summed E-state index contributed by atoms with van der Waals surface area (Å²) < 4.78 is 9.71. The summed E-state index contributed by atoms with van der Waals surface area (Å²) in [6.07, 6.45) is 2.12. The van der Waals surface area contributed by atoms with E-state index in [9.17, 15) is 10.1 Å². The van der Waals surface area contributed by atoms with Crippen LogP contribution in [0.2, 0.25) is 0 Å². The first-order chi connectivity index (χ1) is 15.5. The number of benzene rings is 1. The molecule has 1 atom stereocenters. The Balaban J connectivity index is 1.51. The van der Waals surface area contributed by atoms with Crippen molar-refractivity contribution >= 4 is 23.5 Å². The second-order valence-electron chi connectivity index (χ2n) is 7.83. The summed E-state index contributed by atoms with van der Waals surface area (Å²) in [7, 11) is 0. The Kier molecular flexibility index (Phi) is 6.63. The van der Waals surface area contributed by atoms with Crippen LogP contribution in [0, 0.1) is 32.1 Å². The molecule has 3 heterocycles. The Morgan fingerprint density at radius 2 is 2.06 bits per heavy atom. The van der Waals surface area contributed by atoms with Gasteiger partial charge in [-0.15, -0.1) is 10.2 Å². The molecule has 166 valence electrons. The van der Waals surface area contributed by atoms with Gasteiger partial charge < -0.3 is 14.6 Å². The van der Waals surface area contributed by atoms with Crippen molar-refractivity contribution in [1.29, 1.82) is 5.26 Å². The first kappa shape index (κ1) is 22.1. The number of hydrogen-bond acceptors (Lipinski definition) is 6. The standard InChI is InChI=1S/C23H26N6O2S/c1-15-16(2)28(13-19-10-7-11-31-19)22(20(15)12-24)25-21(30)14-32-23-27-26-17(3)29(23)18-8-5-4-6-9-18/h4-6,8-9,19H,7,10-11,13-14H2,1-3H3,(H,25,30). The summed E-state index contributed by atoms with van der Waals surface area (Å²) in [5.74, 6) is 1.25. The van der Waals surface area contributed by atoms with Crippen molar-refractivity contribution in [3.63, 3.8) is 0 Å². The second kappa shape index (κ2) is 9.59. The normalized spacial score (nSPS) is 15.6. The third-order valence-electron chi connectivity index (χ3n) is 5.75. The van der Waals surface area contributed by atoms with Gasteiger partial charge >= 0.3 is 0 Å². The van der Waals surface area contributed by atoms with E-state index in [0.717, 1.165) is 42.2 Å². The lowest BCUT2D eigenvalue weighted by molar-refractivity contribution is -0.113. The van der Waals surface area contributed by atoms with E-state index in [1.807, 2.05) is 60.2 Å². The molecule has 1 fully saturated rings. The Morgan fingerprint density at radius 3 is 2.75 bits per heavy atom. The molecule has 1 saturated heterocycles. The zero-order valence-electron chi connectivity index (χ0n) is 18.5. The monoisotopic (exact) mass is 450 g/mol. The number of nitrogens with one attached hydrogen (secondary N) is 1. The summed E-state index contributed by atoms with van der Waals surface area (Å²) in [6, 6.07) is 12.1. The molecule has 1 aliphatic rings. The molecule has 0 saturated carbocycles. The van der Waals surface area contributed by atoms with Crippen LogP contribution in [0.4, 0.5) is 5.82 Å². The molecule has 0 spiro atoms. The topological polar surface area (TPSA) is 97.8 Å². The zero-order valence-corrected chi connectivity index (χ0v) is 19.3. The van der Waals surface area contributed by atoms with Crippen molar-refractivity contribution in [3.8, 4) is 11.8 Å². The number of hydrogen-bond donors (Lipinski definition) is 1. The van der Waals surface area contributed by atoms with E-state index in [-0.39, 0.29) is 17.8 Å². The summed E-state index contributed by atoms with van der Waals surface area (Å²) in [4.78, 5) is 12.9. The maximum absolute atomic E-state index is 12.9. The molecular formula is C23H26N6O2S. The van der Waals surface area contributed by atoms with Crippen molar-refractivity contribution in [2.24, 2.45) is 0 Å². The third-order valence-corrected chi connectivity index (χ3v) is 6.68. The lowest BCUT2D eigenvalue weighted by Crippen LogP contribution is -2.22. The second-order valence-corrected chi connectivity index (χ2v) is 8.77. The van der Waals surface area contributed by atoms with Gasteiger partial charge in [-0.25, -0.2) is 0 Å². The van der Waals surface area contributed by atoms with Crippen LogP contribution in [0.15, 0.2) is 35.5 Å². The molecule has 1 unspecified atom stereocenters. The fourth-order valence-electron chi connectivity index (χ4n) is 3.96. The van der Waals surface area contributed by atoms with Gasteiger partial charge in [0.15, 0.2) is 5.16 Å². The van der Waals surface area contributed by atoms with Crippen LogP contribution in [-0.4, -0.2) is 43.7 Å². The molecule has 4 rings (SSSR count). The molecule has 2 aromatic heterocycles. The lowest BCUT2D eigenvalue weighted by atomic mass is 10.2. The first-order valence-corrected chi connectivity index (χ1v) is 11.6. The number of ether oxygens (including phenoxy) is 1. The molecule has 9 heteroatoms. The van der Waals surface area contributed by atoms with Crippen LogP contribution in [0.5, 0.6) is 0 Å². The van der Waals surface area contributed by atoms with Gasteiger partial charge in [0.25, 0.3) is 0 Å². The molecule has 8 nitrogen and oxygen atoms in total. The summed E-state index contributed by atoms with van der Waals surface area (Å²) >= 11 is 1.31. The number of carbonyl (C=O) groups excluding carboxylic acids is 1. The Hall–Kier alpha value is -3.09. The van der Waals surface area contributed by atoms with Gasteiger partial charge in [-0.3, -0.25) is 9.36 Å². The van der Waals surface area contributed by atoms with Gasteiger partial charge in [0.2, 0.25) is 5.91 Å². The Morgan fingerprint density at radius 1 is 1.28 bits per heavy atom. The van der Waals surface area contributed by atoms with Crippen molar-refractivity contribution in [3.05, 3.63) is 53.0 Å². The molecule has 0 aliphatic carbocycles. The van der Waals surface area contributed by atoms with Crippen molar-refractivity contribution in [2.75, 3.05) is 17.7 Å². The molecule has 3 aromatic rings. The predicted octanol–water partition coefficient (Wildman–Crippen LogP) is 3.78. The van der Waals surface area contributed by atoms with Crippen molar-refractivity contribution in [2.45, 2.75) is 51.4 Å². The van der Waals surface area contributed by atoms with E-state index >= 15 is 0 Å². The van der Waals surface area contributed by atoms with E-state index in [2.05, 4.69) is 21.6 Å². The highest BCUT2D eigenvalue weighted by Crippen LogP contribution is 2.29. The van der Waals surface area contributed by atoms with Crippen molar-refractivity contribution in [1.82, 2.24) is 19.3 Å². The highest BCUT2D eigenvalue weighted by Gasteiger charge is 2.24. The number of anilines is 1. The molecule has 1 amide bonds. The van der Waals surface area contributed by atoms with E-state index in [1.54, 1.807) is 0 Å². The summed E-state index contributed by atoms with van der Waals surface area (Å²) in [5.41, 5.74) is 3.30. The Bertz CT molecular complexity index is 1160. The maximum Gasteiger partial charge on any atom is 0.235 e. The van der Waals surface area contributed by atoms with Crippen LogP contribution < -0.4 is 5.32 Å². The fourth-order valence-corrected chi connectivity index (χ4v) is 4.76. The average molecular weight is 451 g/mol. The number of nitriles is 1. The van der Waals surface area contributed by atoms with Crippen LogP contribution in [0.3, 0.4) is 0 Å². The highest BCUT2D eigenvalue weighted by molar-refractivity contribution is 7.99. The SMILES string of the molecule is Cc1c(C#N)c(NC(=O)CSc2nnc(C)n2-c2ccccc2)n(CC2CCCO2)c1C. The summed E-state index contributed by atoms with van der Waals surface area (Å²) in [6.45, 7) is 7.15. The average Bonchev–Trinajstić information content (AvgIpc) is 3.49. The molecule has 32 heavy (non-hydrogen) atoms. The molecule has 1 aromatic carbocycles.